The third-order valence-corrected chi connectivity index (χ3v) is 17.8. The van der Waals surface area contributed by atoms with Gasteiger partial charge in [0.05, 0.1) is 5.48 Å². The summed E-state index contributed by atoms with van der Waals surface area (Å²) in [5.74, 6) is 0. The zero-order valence-electron chi connectivity index (χ0n) is 59.6. The van der Waals surface area contributed by atoms with E-state index in [0.717, 1.165) is 0 Å². The molecule has 0 saturated carbocycles. The fourth-order valence-corrected chi connectivity index (χ4v) is 11.7. The van der Waals surface area contributed by atoms with Gasteiger partial charge in [-0.25, -0.2) is 0 Å². The molecule has 0 spiro atoms. The van der Waals surface area contributed by atoms with E-state index >= 15 is 0 Å². The molecule has 0 aromatic heterocycles. The Morgan fingerprint density at radius 2 is 0.523 bits per heavy atom. The number of hydrogen-bond donors (Lipinski definition) is 0. The lowest BCUT2D eigenvalue weighted by Gasteiger charge is -2.15. The zero-order chi connectivity index (χ0) is 66.8. The van der Waals surface area contributed by atoms with Crippen LogP contribution in [0.2, 0.25) is 0 Å². The summed E-state index contributed by atoms with van der Waals surface area (Å²) in [4.78, 5) is 0. The molecule has 0 unspecified atom stereocenters. The Kier molecular flexibility index (Phi) is 19.9. The molecule has 0 fully saturated rings. The van der Waals surface area contributed by atoms with Gasteiger partial charge >= 0.3 is 0 Å². The lowest BCUT2D eigenvalue weighted by atomic mass is 9.90. The fourth-order valence-electron chi connectivity index (χ4n) is 11.7. The van der Waals surface area contributed by atoms with Gasteiger partial charge in [0.25, 0.3) is 0 Å². The molecule has 0 N–H and O–H groups in total. The van der Waals surface area contributed by atoms with Crippen LogP contribution in [0, 0.1) is 125 Å². The van der Waals surface area contributed by atoms with Gasteiger partial charge in [-0.2, -0.15) is 0 Å². The molecule has 14 rings (SSSR count). The minimum atomic E-state index is 0.0634. The van der Waals surface area contributed by atoms with Crippen LogP contribution in [-0.4, -0.2) is 0 Å². The lowest BCUT2D eigenvalue weighted by molar-refractivity contribution is 1.13. The molecule has 0 amide bonds. The normalized spacial score (nSPS) is 11.2. The van der Waals surface area contributed by atoms with Crippen LogP contribution in [-0.2, 0) is 0 Å². The fraction of sp³-hybridized carbons (Fsp3) is 0.205. The average molecular weight is 1150 g/mol. The first kappa shape index (κ1) is 59.2. The van der Waals surface area contributed by atoms with Gasteiger partial charge in [-0.05, 0) is 296 Å². The second-order valence-electron chi connectivity index (χ2n) is 24.2. The number of aryl methyl sites for hydroxylation is 10. The molecule has 0 saturated heterocycles. The lowest BCUT2D eigenvalue weighted by Crippen LogP contribution is -1.98. The molecule has 0 heteroatoms. The van der Waals surface area contributed by atoms with Gasteiger partial charge in [-0.15, -0.1) is 0 Å². The van der Waals surface area contributed by atoms with E-state index in [9.17, 15) is 0 Å². The highest BCUT2D eigenvalue weighted by Crippen LogP contribution is 2.32. The summed E-state index contributed by atoms with van der Waals surface area (Å²) in [6.45, 7) is 38.1. The predicted molar refractivity (Wildman–Crippen MR) is 393 cm³/mol. The van der Waals surface area contributed by atoms with Crippen LogP contribution in [0.5, 0.6) is 0 Å². The molecule has 14 aromatic carbocycles. The standard InChI is InChI=1S/3C16H14.C12H12.C12H18.2C8H10/c1-11-6-5-9-15-12(2)14-8-4-3-7-13(14)10-16(11)15;1-11-7-8-12(2)16-10-14-6-4-3-5-13(14)9-15(11)16;1-11-7-8-13-10-12(2)14-5-3-4-6-15(14)16(13)9-11;1-9-7-10(2)12-6-4-3-5-11(12)8-9;1-7-8(2)10(4)12(6)11(5)9(7)3;1-7-3-5-8(2)6-4-7;1-7-5-3-4-6-8(7)2/h3*3-10H,1-2H3;3-8H,1-2H3;1-6H3;2*3-6H,1-2H3/i;;;;;3D,4D,5D,6D;. The third-order valence-electron chi connectivity index (χ3n) is 17.8. The van der Waals surface area contributed by atoms with Crippen LogP contribution in [0.15, 0.2) is 230 Å². The zero-order valence-corrected chi connectivity index (χ0v) is 55.6. The quantitative estimate of drug-likeness (QED) is 0.105. The average Bonchev–Trinajstić information content (AvgIpc) is 0.891. The minimum Gasteiger partial charge on any atom is -0.0620 e. The summed E-state index contributed by atoms with van der Waals surface area (Å²) in [7, 11) is 0. The Morgan fingerprint density at radius 3 is 1.02 bits per heavy atom. The van der Waals surface area contributed by atoms with Gasteiger partial charge in [-0.1, -0.05) is 234 Å². The van der Waals surface area contributed by atoms with Crippen molar-refractivity contribution in [3.63, 3.8) is 0 Å². The monoisotopic (exact) mass is 1150 g/mol. The van der Waals surface area contributed by atoms with Gasteiger partial charge in [0, 0.05) is 0 Å². The molecule has 0 heterocycles. The summed E-state index contributed by atoms with van der Waals surface area (Å²) < 4.78 is 29.7. The van der Waals surface area contributed by atoms with E-state index in [1.54, 1.807) is 13.8 Å². The van der Waals surface area contributed by atoms with E-state index in [1.807, 2.05) is 0 Å². The van der Waals surface area contributed by atoms with Crippen molar-refractivity contribution < 1.29 is 5.48 Å². The summed E-state index contributed by atoms with van der Waals surface area (Å²) in [6, 6.07) is 74.1. The highest BCUT2D eigenvalue weighted by atomic mass is 14.1. The van der Waals surface area contributed by atoms with Gasteiger partial charge in [0.2, 0.25) is 0 Å². The Bertz CT molecular complexity index is 4610. The van der Waals surface area contributed by atoms with E-state index in [2.05, 4.69) is 317 Å². The van der Waals surface area contributed by atoms with Crippen LogP contribution in [0.1, 0.15) is 106 Å². The van der Waals surface area contributed by atoms with E-state index in [1.165, 1.54) is 164 Å². The van der Waals surface area contributed by atoms with E-state index in [4.69, 9.17) is 5.48 Å². The molecule has 0 aliphatic rings. The highest BCUT2D eigenvalue weighted by molar-refractivity contribution is 6.09. The Labute approximate surface area is 533 Å². The van der Waals surface area contributed by atoms with Crippen LogP contribution >= 0.6 is 0 Å². The molecule has 14 aromatic rings. The van der Waals surface area contributed by atoms with Crippen LogP contribution in [0.3, 0.4) is 0 Å². The molecular formula is C88H92. The van der Waals surface area contributed by atoms with Crippen molar-refractivity contribution in [3.8, 4) is 0 Å². The van der Waals surface area contributed by atoms with Gasteiger partial charge in [0.1, 0.15) is 0 Å². The van der Waals surface area contributed by atoms with Crippen LogP contribution in [0.25, 0.3) is 75.4 Å². The Morgan fingerprint density at radius 1 is 0.170 bits per heavy atom. The predicted octanol–water partition coefficient (Wildman–Crippen LogP) is 25.4. The molecular weight excluding hydrogens is 1060 g/mol. The number of benzene rings is 14. The number of fused-ring (bicyclic) bond motifs is 8. The van der Waals surface area contributed by atoms with Crippen LogP contribution < -0.4 is 0 Å². The van der Waals surface area contributed by atoms with Crippen molar-refractivity contribution in [2.24, 2.45) is 0 Å². The van der Waals surface area contributed by atoms with Crippen molar-refractivity contribution in [3.05, 3.63) is 331 Å². The molecule has 444 valence electrons. The summed E-state index contributed by atoms with van der Waals surface area (Å²) in [5.41, 5.74) is 23.1. The van der Waals surface area contributed by atoms with Crippen molar-refractivity contribution in [2.75, 3.05) is 0 Å². The summed E-state index contributed by atoms with van der Waals surface area (Å²) in [5, 5.41) is 19.0. The first-order valence-electron chi connectivity index (χ1n) is 33.0. The molecule has 0 aliphatic heterocycles. The molecule has 0 radical (unpaired) electrons. The summed E-state index contributed by atoms with van der Waals surface area (Å²) >= 11 is 0. The van der Waals surface area contributed by atoms with Gasteiger partial charge < -0.3 is 0 Å². The highest BCUT2D eigenvalue weighted by Gasteiger charge is 2.09. The minimum absolute atomic E-state index is 0.0634. The van der Waals surface area contributed by atoms with E-state index < -0.39 is 0 Å². The Hall–Kier alpha value is -9.10. The largest absolute Gasteiger partial charge is 0.0626 e. The Balaban J connectivity index is 0.000000140. The van der Waals surface area contributed by atoms with Crippen molar-refractivity contribution >= 4 is 75.4 Å². The maximum Gasteiger partial charge on any atom is 0.0626 e. The first-order chi connectivity index (χ1) is 43.8. The van der Waals surface area contributed by atoms with Crippen LogP contribution in [0.4, 0.5) is 0 Å². The smallest absolute Gasteiger partial charge is 0.0620 e. The van der Waals surface area contributed by atoms with Gasteiger partial charge in [-0.3, -0.25) is 0 Å². The maximum absolute atomic E-state index is 7.43. The number of hydrogen-bond acceptors (Lipinski definition) is 0. The van der Waals surface area contributed by atoms with Crippen molar-refractivity contribution in [2.45, 2.75) is 125 Å². The second kappa shape index (κ2) is 29.5. The number of rotatable bonds is 0. The van der Waals surface area contributed by atoms with Gasteiger partial charge in [0.15, 0.2) is 0 Å². The third kappa shape index (κ3) is 15.7. The first-order valence-corrected chi connectivity index (χ1v) is 31.0. The second-order valence-corrected chi connectivity index (χ2v) is 24.2. The molecule has 0 nitrogen and oxygen atoms in total. The van der Waals surface area contributed by atoms with Crippen molar-refractivity contribution in [1.29, 1.82) is 0 Å². The maximum atomic E-state index is 7.43. The van der Waals surface area contributed by atoms with E-state index in [-0.39, 0.29) is 24.2 Å². The molecule has 0 aliphatic carbocycles. The topological polar surface area (TPSA) is 0 Å². The van der Waals surface area contributed by atoms with E-state index in [0.29, 0.717) is 11.1 Å². The SMILES string of the molecule is Cc1c(C)c(C)c(C)c(C)c1C.Cc1cc(C)c2ccccc2c1.Cc1ccc(C)c2cc3ccccc3cc12.Cc1ccc2cc(C)c3ccccc3c2c1.Cc1cccc2c(C)c3ccccc3cc12.Cc1ccccc1C.[2H]c1c([2H])c(C)c([2H])c([2H])c1C. The molecule has 0 bridgehead atoms. The molecule has 0 atom stereocenters. The summed E-state index contributed by atoms with van der Waals surface area (Å²) in [6.07, 6.45) is 0. The van der Waals surface area contributed by atoms with Crippen molar-refractivity contribution in [1.82, 2.24) is 0 Å². The molecule has 88 heavy (non-hydrogen) atoms.